The Bertz CT molecular complexity index is 225. The van der Waals surface area contributed by atoms with Crippen LogP contribution in [0.1, 0.15) is 46.0 Å². The van der Waals surface area contributed by atoms with Crippen LogP contribution in [0.2, 0.25) is 0 Å². The topological polar surface area (TPSA) is 58.4 Å². The lowest BCUT2D eigenvalue weighted by atomic mass is 9.90. The highest BCUT2D eigenvalue weighted by molar-refractivity contribution is 5.72. The summed E-state index contributed by atoms with van der Waals surface area (Å²) in [6.07, 6.45) is 5.88. The van der Waals surface area contributed by atoms with Crippen molar-refractivity contribution in [2.75, 3.05) is 19.6 Å². The van der Waals surface area contributed by atoms with E-state index in [-0.39, 0.29) is 5.91 Å². The van der Waals surface area contributed by atoms with Crippen LogP contribution in [0.3, 0.4) is 0 Å². The Morgan fingerprint density at radius 1 is 1.29 bits per heavy atom. The first-order valence-electron chi connectivity index (χ1n) is 6.87. The van der Waals surface area contributed by atoms with Crippen molar-refractivity contribution in [3.05, 3.63) is 0 Å². The Balaban J connectivity index is 2.33. The molecule has 0 atom stereocenters. The Morgan fingerprint density at radius 3 is 2.47 bits per heavy atom. The smallest absolute Gasteiger partial charge is 0.216 e. The normalized spacial score (nSPS) is 24.9. The molecule has 0 bridgehead atoms. The summed E-state index contributed by atoms with van der Waals surface area (Å²) < 4.78 is 0. The number of nitrogens with two attached hydrogens (primary N) is 1. The van der Waals surface area contributed by atoms with E-state index >= 15 is 0 Å². The molecule has 0 aromatic heterocycles. The Hall–Kier alpha value is -0.610. The van der Waals surface area contributed by atoms with Crippen LogP contribution in [-0.4, -0.2) is 42.5 Å². The van der Waals surface area contributed by atoms with Crippen molar-refractivity contribution in [2.24, 2.45) is 5.73 Å². The minimum absolute atomic E-state index is 0.0621. The van der Waals surface area contributed by atoms with Gasteiger partial charge in [0, 0.05) is 32.1 Å². The number of amides is 1. The zero-order chi connectivity index (χ0) is 12.7. The van der Waals surface area contributed by atoms with Crippen molar-refractivity contribution in [2.45, 2.75) is 58.0 Å². The van der Waals surface area contributed by atoms with Crippen molar-refractivity contribution in [3.63, 3.8) is 0 Å². The first-order chi connectivity index (χ1) is 8.13. The van der Waals surface area contributed by atoms with Crippen LogP contribution < -0.4 is 11.1 Å². The van der Waals surface area contributed by atoms with Crippen LogP contribution in [0.4, 0.5) is 0 Å². The van der Waals surface area contributed by atoms with Crippen molar-refractivity contribution >= 4 is 5.91 Å². The second kappa shape index (κ2) is 7.67. The highest BCUT2D eigenvalue weighted by atomic mass is 16.1. The molecule has 0 aromatic carbocycles. The van der Waals surface area contributed by atoms with Gasteiger partial charge in [0.05, 0.1) is 0 Å². The third-order valence-electron chi connectivity index (χ3n) is 3.54. The van der Waals surface area contributed by atoms with Crippen LogP contribution >= 0.6 is 0 Å². The molecule has 1 saturated carbocycles. The maximum atomic E-state index is 10.9. The summed E-state index contributed by atoms with van der Waals surface area (Å²) in [6.45, 7) is 6.63. The molecule has 17 heavy (non-hydrogen) atoms. The van der Waals surface area contributed by atoms with Gasteiger partial charge in [0.2, 0.25) is 5.91 Å². The molecule has 1 aliphatic carbocycles. The summed E-state index contributed by atoms with van der Waals surface area (Å²) in [4.78, 5) is 13.4. The molecule has 3 N–H and O–H groups in total. The van der Waals surface area contributed by atoms with E-state index in [0.717, 1.165) is 32.5 Å². The minimum Gasteiger partial charge on any atom is -0.355 e. The fraction of sp³-hybridized carbons (Fsp3) is 0.923. The highest BCUT2D eigenvalue weighted by Crippen LogP contribution is 2.21. The van der Waals surface area contributed by atoms with E-state index in [0.29, 0.717) is 12.1 Å². The van der Waals surface area contributed by atoms with Crippen molar-refractivity contribution in [3.8, 4) is 0 Å². The molecule has 1 rings (SSSR count). The van der Waals surface area contributed by atoms with Gasteiger partial charge in [-0.05, 0) is 38.6 Å². The number of rotatable bonds is 6. The predicted octanol–water partition coefficient (Wildman–Crippen LogP) is 1.10. The van der Waals surface area contributed by atoms with Crippen LogP contribution in [0.25, 0.3) is 0 Å². The molecule has 1 fully saturated rings. The molecule has 0 unspecified atom stereocenters. The molecule has 0 radical (unpaired) electrons. The Kier molecular flexibility index (Phi) is 6.52. The Labute approximate surface area is 105 Å². The van der Waals surface area contributed by atoms with E-state index < -0.39 is 0 Å². The standard InChI is InChI=1S/C13H27N3O/c1-3-9-16(10-8-15-11(2)17)13-6-4-12(14)5-7-13/h12-13H,3-10,14H2,1-2H3,(H,15,17). The minimum atomic E-state index is 0.0621. The van der Waals surface area contributed by atoms with Crippen molar-refractivity contribution < 1.29 is 4.79 Å². The van der Waals surface area contributed by atoms with Gasteiger partial charge in [-0.1, -0.05) is 6.92 Å². The zero-order valence-electron chi connectivity index (χ0n) is 11.2. The number of hydrogen-bond acceptors (Lipinski definition) is 3. The van der Waals surface area contributed by atoms with Gasteiger partial charge >= 0.3 is 0 Å². The summed E-state index contributed by atoms with van der Waals surface area (Å²) in [5.41, 5.74) is 5.94. The molecule has 0 spiro atoms. The average Bonchev–Trinajstić information content (AvgIpc) is 2.29. The van der Waals surface area contributed by atoms with E-state index in [1.165, 1.54) is 19.3 Å². The third kappa shape index (κ3) is 5.50. The first-order valence-corrected chi connectivity index (χ1v) is 6.87. The lowest BCUT2D eigenvalue weighted by Gasteiger charge is -2.36. The Morgan fingerprint density at radius 2 is 1.94 bits per heavy atom. The molecule has 0 aliphatic heterocycles. The van der Waals surface area contributed by atoms with Gasteiger partial charge in [-0.2, -0.15) is 0 Å². The van der Waals surface area contributed by atoms with Crippen molar-refractivity contribution in [1.29, 1.82) is 0 Å². The van der Waals surface area contributed by atoms with E-state index in [9.17, 15) is 4.79 Å². The molecular formula is C13H27N3O. The molecule has 4 nitrogen and oxygen atoms in total. The maximum Gasteiger partial charge on any atom is 0.216 e. The van der Waals surface area contributed by atoms with Crippen molar-refractivity contribution in [1.82, 2.24) is 10.2 Å². The number of nitrogens with one attached hydrogen (secondary N) is 1. The highest BCUT2D eigenvalue weighted by Gasteiger charge is 2.23. The van der Waals surface area contributed by atoms with Crippen LogP contribution in [0.15, 0.2) is 0 Å². The predicted molar refractivity (Wildman–Crippen MR) is 70.8 cm³/mol. The van der Waals surface area contributed by atoms with Gasteiger partial charge in [-0.25, -0.2) is 0 Å². The largest absolute Gasteiger partial charge is 0.355 e. The number of carbonyl (C=O) groups is 1. The lowest BCUT2D eigenvalue weighted by molar-refractivity contribution is -0.119. The van der Waals surface area contributed by atoms with E-state index in [2.05, 4.69) is 17.1 Å². The van der Waals surface area contributed by atoms with E-state index in [4.69, 9.17) is 5.73 Å². The second-order valence-electron chi connectivity index (χ2n) is 5.09. The fourth-order valence-electron chi connectivity index (χ4n) is 2.61. The van der Waals surface area contributed by atoms with Gasteiger partial charge in [-0.3, -0.25) is 9.69 Å². The first kappa shape index (κ1) is 14.5. The monoisotopic (exact) mass is 241 g/mol. The number of hydrogen-bond donors (Lipinski definition) is 2. The summed E-state index contributed by atoms with van der Waals surface area (Å²) in [5.74, 6) is 0.0621. The second-order valence-corrected chi connectivity index (χ2v) is 5.09. The van der Waals surface area contributed by atoms with Gasteiger partial charge in [0.25, 0.3) is 0 Å². The third-order valence-corrected chi connectivity index (χ3v) is 3.54. The van der Waals surface area contributed by atoms with E-state index in [1.54, 1.807) is 6.92 Å². The molecule has 100 valence electrons. The molecule has 0 heterocycles. The van der Waals surface area contributed by atoms with E-state index in [1.807, 2.05) is 0 Å². The molecule has 1 amide bonds. The lowest BCUT2D eigenvalue weighted by Crippen LogP contribution is -2.44. The van der Waals surface area contributed by atoms with Gasteiger partial charge in [-0.15, -0.1) is 0 Å². The summed E-state index contributed by atoms with van der Waals surface area (Å²) in [6, 6.07) is 1.08. The fourth-order valence-corrected chi connectivity index (χ4v) is 2.61. The summed E-state index contributed by atoms with van der Waals surface area (Å²) >= 11 is 0. The molecule has 1 aliphatic rings. The van der Waals surface area contributed by atoms with Crippen LogP contribution in [0.5, 0.6) is 0 Å². The van der Waals surface area contributed by atoms with Gasteiger partial charge < -0.3 is 11.1 Å². The SMILES string of the molecule is CCCN(CCNC(C)=O)C1CCC(N)CC1. The molecule has 0 aromatic rings. The zero-order valence-corrected chi connectivity index (χ0v) is 11.2. The van der Waals surface area contributed by atoms with Crippen LogP contribution in [0, 0.1) is 0 Å². The number of nitrogens with zero attached hydrogens (tertiary/aromatic N) is 1. The molecule has 0 saturated heterocycles. The summed E-state index contributed by atoms with van der Waals surface area (Å²) in [5, 5.41) is 2.88. The molecule has 4 heteroatoms. The van der Waals surface area contributed by atoms with Crippen LogP contribution in [-0.2, 0) is 4.79 Å². The maximum absolute atomic E-state index is 10.9. The summed E-state index contributed by atoms with van der Waals surface area (Å²) in [7, 11) is 0. The van der Waals surface area contributed by atoms with Gasteiger partial charge in [0.1, 0.15) is 0 Å². The number of carbonyl (C=O) groups excluding carboxylic acids is 1. The average molecular weight is 241 g/mol. The quantitative estimate of drug-likeness (QED) is 0.732. The molecular weight excluding hydrogens is 214 g/mol. The van der Waals surface area contributed by atoms with Gasteiger partial charge in [0.15, 0.2) is 0 Å².